The van der Waals surface area contributed by atoms with Crippen LogP contribution in [0, 0.1) is 6.92 Å². The van der Waals surface area contributed by atoms with Crippen molar-refractivity contribution in [3.05, 3.63) is 64.7 Å². The Hall–Kier alpha value is -2.22. The lowest BCUT2D eigenvalue weighted by Gasteiger charge is -2.23. The van der Waals surface area contributed by atoms with Crippen LogP contribution in [-0.2, 0) is 11.8 Å². The second-order valence-electron chi connectivity index (χ2n) is 5.79. The molecule has 1 atom stereocenters. The van der Waals surface area contributed by atoms with Gasteiger partial charge in [-0.1, -0.05) is 42.0 Å². The van der Waals surface area contributed by atoms with Gasteiger partial charge >= 0.3 is 0 Å². The number of benzene rings is 2. The zero-order valence-electron chi connectivity index (χ0n) is 11.6. The van der Waals surface area contributed by atoms with Crippen molar-refractivity contribution < 1.29 is 4.79 Å². The fourth-order valence-corrected chi connectivity index (χ4v) is 3.56. The van der Waals surface area contributed by atoms with E-state index in [1.165, 1.54) is 5.56 Å². The number of nitrogens with zero attached hydrogens (tertiary/aromatic N) is 1. The van der Waals surface area contributed by atoms with E-state index in [1.54, 1.807) is 0 Å². The smallest absolute Gasteiger partial charge is 0.179 e. The highest BCUT2D eigenvalue weighted by Crippen LogP contribution is 2.48. The van der Waals surface area contributed by atoms with Crippen LogP contribution >= 0.6 is 0 Å². The molecule has 2 nitrogen and oxygen atoms in total. The van der Waals surface area contributed by atoms with Gasteiger partial charge in [0.25, 0.3) is 0 Å². The second kappa shape index (κ2) is 3.66. The molecule has 0 saturated heterocycles. The lowest BCUT2D eigenvalue weighted by molar-refractivity contribution is 0.0946. The molecule has 0 amide bonds. The number of ketones is 1. The summed E-state index contributed by atoms with van der Waals surface area (Å²) >= 11 is 0. The molecule has 2 aromatic carbocycles. The highest BCUT2D eigenvalue weighted by atomic mass is 16.1. The van der Waals surface area contributed by atoms with Crippen molar-refractivity contribution in [1.82, 2.24) is 0 Å². The van der Waals surface area contributed by atoms with E-state index in [2.05, 4.69) is 30.1 Å². The predicted octanol–water partition coefficient (Wildman–Crippen LogP) is 3.78. The van der Waals surface area contributed by atoms with Gasteiger partial charge < -0.3 is 0 Å². The van der Waals surface area contributed by atoms with Crippen molar-refractivity contribution in [3.63, 3.8) is 0 Å². The van der Waals surface area contributed by atoms with Crippen molar-refractivity contribution in [1.29, 1.82) is 0 Å². The van der Waals surface area contributed by atoms with Crippen LogP contribution in [0.5, 0.6) is 0 Å². The summed E-state index contributed by atoms with van der Waals surface area (Å²) in [6.07, 6.45) is 0.744. The van der Waals surface area contributed by atoms with E-state index in [4.69, 9.17) is 0 Å². The van der Waals surface area contributed by atoms with Crippen LogP contribution in [0.4, 0.5) is 5.69 Å². The molecular formula is C18H15NO. The van der Waals surface area contributed by atoms with E-state index in [0.717, 1.165) is 34.5 Å². The summed E-state index contributed by atoms with van der Waals surface area (Å²) in [5, 5.41) is 0. The summed E-state index contributed by atoms with van der Waals surface area (Å²) in [4.78, 5) is 17.7. The van der Waals surface area contributed by atoms with Crippen LogP contribution in [0.1, 0.15) is 34.0 Å². The molecular weight excluding hydrogens is 246 g/mol. The van der Waals surface area contributed by atoms with Gasteiger partial charge in [-0.05, 0) is 37.5 Å². The first-order valence-electron chi connectivity index (χ1n) is 6.92. The van der Waals surface area contributed by atoms with Crippen LogP contribution in [0.25, 0.3) is 0 Å². The lowest BCUT2D eigenvalue weighted by Crippen LogP contribution is -2.38. The molecule has 0 saturated carbocycles. The Balaban J connectivity index is 1.99. The van der Waals surface area contributed by atoms with Crippen LogP contribution in [0.15, 0.2) is 47.5 Å². The van der Waals surface area contributed by atoms with Gasteiger partial charge in [0.15, 0.2) is 5.78 Å². The first-order valence-corrected chi connectivity index (χ1v) is 6.92. The van der Waals surface area contributed by atoms with Gasteiger partial charge in [-0.3, -0.25) is 9.79 Å². The zero-order valence-corrected chi connectivity index (χ0v) is 11.6. The number of carbonyl (C=O) groups is 1. The van der Waals surface area contributed by atoms with Gasteiger partial charge in [0.05, 0.1) is 5.69 Å². The number of hydrogen-bond acceptors (Lipinski definition) is 2. The summed E-state index contributed by atoms with van der Waals surface area (Å²) in [5.41, 5.74) is 5.59. The van der Waals surface area contributed by atoms with Crippen molar-refractivity contribution >= 4 is 17.2 Å². The summed E-state index contributed by atoms with van der Waals surface area (Å²) in [5.74, 6) is 0.207. The van der Waals surface area contributed by atoms with E-state index in [0.29, 0.717) is 0 Å². The normalized spacial score (nSPS) is 22.9. The van der Waals surface area contributed by atoms with E-state index in [9.17, 15) is 4.79 Å². The molecule has 0 radical (unpaired) electrons. The van der Waals surface area contributed by atoms with E-state index in [-0.39, 0.29) is 5.78 Å². The first kappa shape index (κ1) is 11.6. The highest BCUT2D eigenvalue weighted by molar-refractivity contribution is 6.26. The topological polar surface area (TPSA) is 29.4 Å². The summed E-state index contributed by atoms with van der Waals surface area (Å²) in [6, 6.07) is 14.1. The number of rotatable bonds is 0. The summed E-state index contributed by atoms with van der Waals surface area (Å²) < 4.78 is 0. The molecule has 1 spiro atoms. The standard InChI is InChI=1S/C18H15NO/c1-11-7-8-16-15(9-11)18(12(2)19-16)10-13-5-3-4-6-14(13)17(18)20/h3-9H,10H2,1-2H3. The average molecular weight is 261 g/mol. The largest absolute Gasteiger partial charge is 0.293 e. The number of aliphatic imine (C=N–C) groups is 1. The summed E-state index contributed by atoms with van der Waals surface area (Å²) in [6.45, 7) is 4.05. The van der Waals surface area contributed by atoms with Crippen molar-refractivity contribution in [2.45, 2.75) is 25.7 Å². The minimum atomic E-state index is -0.551. The molecule has 98 valence electrons. The van der Waals surface area contributed by atoms with Gasteiger partial charge in [-0.15, -0.1) is 0 Å². The van der Waals surface area contributed by atoms with Crippen LogP contribution < -0.4 is 0 Å². The third-order valence-corrected chi connectivity index (χ3v) is 4.62. The molecule has 0 N–H and O–H groups in total. The molecule has 1 aliphatic heterocycles. The maximum atomic E-state index is 13.0. The fourth-order valence-electron chi connectivity index (χ4n) is 3.56. The van der Waals surface area contributed by atoms with E-state index in [1.807, 2.05) is 31.2 Å². The molecule has 1 aliphatic carbocycles. The predicted molar refractivity (Wildman–Crippen MR) is 80.1 cm³/mol. The van der Waals surface area contributed by atoms with Crippen molar-refractivity contribution in [3.8, 4) is 0 Å². The third-order valence-electron chi connectivity index (χ3n) is 4.62. The van der Waals surface area contributed by atoms with Gasteiger partial charge in [-0.2, -0.15) is 0 Å². The monoisotopic (exact) mass is 261 g/mol. The molecule has 2 aromatic rings. The molecule has 20 heavy (non-hydrogen) atoms. The Morgan fingerprint density at radius 1 is 1.10 bits per heavy atom. The first-order chi connectivity index (χ1) is 9.63. The van der Waals surface area contributed by atoms with Crippen molar-refractivity contribution in [2.24, 2.45) is 4.99 Å². The Kier molecular flexibility index (Phi) is 2.12. The summed E-state index contributed by atoms with van der Waals surface area (Å²) in [7, 11) is 0. The van der Waals surface area contributed by atoms with Crippen LogP contribution in [0.2, 0.25) is 0 Å². The maximum absolute atomic E-state index is 13.0. The molecule has 0 bridgehead atoms. The van der Waals surface area contributed by atoms with Gasteiger partial charge in [0.1, 0.15) is 5.41 Å². The maximum Gasteiger partial charge on any atom is 0.179 e. The molecule has 0 aromatic heterocycles. The van der Waals surface area contributed by atoms with Crippen molar-refractivity contribution in [2.75, 3.05) is 0 Å². The number of carbonyl (C=O) groups excluding carboxylic acids is 1. The molecule has 0 fully saturated rings. The minimum absolute atomic E-state index is 0.207. The highest BCUT2D eigenvalue weighted by Gasteiger charge is 2.52. The number of hydrogen-bond donors (Lipinski definition) is 0. The Bertz CT molecular complexity index is 788. The quantitative estimate of drug-likeness (QED) is 0.709. The van der Waals surface area contributed by atoms with E-state index >= 15 is 0 Å². The number of aryl methyl sites for hydroxylation is 1. The molecule has 2 aliphatic rings. The van der Waals surface area contributed by atoms with Gasteiger partial charge in [-0.25, -0.2) is 0 Å². The Labute approximate surface area is 118 Å². The average Bonchev–Trinajstić information content (AvgIpc) is 2.89. The van der Waals surface area contributed by atoms with Gasteiger partial charge in [0.2, 0.25) is 0 Å². The SMILES string of the molecule is CC1=Nc2ccc(C)cc2C12Cc1ccccc1C2=O. The zero-order chi connectivity index (χ0) is 13.9. The Morgan fingerprint density at radius 3 is 2.70 bits per heavy atom. The number of Topliss-reactive ketones (excluding diaryl/α,β-unsaturated/α-hetero) is 1. The molecule has 1 unspecified atom stereocenters. The number of fused-ring (bicyclic) bond motifs is 3. The van der Waals surface area contributed by atoms with Crippen LogP contribution in [0.3, 0.4) is 0 Å². The molecule has 2 heteroatoms. The third kappa shape index (κ3) is 1.24. The fraction of sp³-hybridized carbons (Fsp3) is 0.222. The van der Waals surface area contributed by atoms with E-state index < -0.39 is 5.41 Å². The minimum Gasteiger partial charge on any atom is -0.293 e. The van der Waals surface area contributed by atoms with Crippen LogP contribution in [-0.4, -0.2) is 11.5 Å². The lowest BCUT2D eigenvalue weighted by atomic mass is 9.74. The van der Waals surface area contributed by atoms with Gasteiger partial charge in [0, 0.05) is 11.3 Å². The molecule has 1 heterocycles. The Morgan fingerprint density at radius 2 is 1.90 bits per heavy atom. The second-order valence-corrected chi connectivity index (χ2v) is 5.79. The molecule has 4 rings (SSSR count).